The van der Waals surface area contributed by atoms with Crippen molar-refractivity contribution in [3.63, 3.8) is 0 Å². The third-order valence-electron chi connectivity index (χ3n) is 4.44. The van der Waals surface area contributed by atoms with Gasteiger partial charge in [0.25, 0.3) is 0 Å². The summed E-state index contributed by atoms with van der Waals surface area (Å²) in [6.07, 6.45) is 17.9. The largest absolute Gasteiger partial charge is 0.381 e. The third-order valence-corrected chi connectivity index (χ3v) is 4.44. The molecule has 0 bridgehead atoms. The van der Waals surface area contributed by atoms with Gasteiger partial charge in [0.15, 0.2) is 0 Å². The number of allylic oxidation sites excluding steroid dienone is 6. The highest BCUT2D eigenvalue weighted by atomic mass is 14.9. The zero-order valence-electron chi connectivity index (χ0n) is 15.7. The first-order valence-electron chi connectivity index (χ1n) is 9.12. The number of nitrogens with one attached hydrogen (secondary N) is 1. The van der Waals surface area contributed by atoms with Crippen LogP contribution in [0.1, 0.15) is 60.3 Å². The summed E-state index contributed by atoms with van der Waals surface area (Å²) in [5, 5.41) is 3.48. The SMILES string of the molecule is C=C(CC(C)/C=C\CC)C(C)C/C(=C\CC)C1C=C(C)C=CN1. The topological polar surface area (TPSA) is 12.0 Å². The lowest BCUT2D eigenvalue weighted by atomic mass is 9.85. The number of rotatable bonds is 9. The van der Waals surface area contributed by atoms with Crippen molar-refractivity contribution in [2.75, 3.05) is 0 Å². The zero-order valence-corrected chi connectivity index (χ0v) is 15.7. The first-order valence-corrected chi connectivity index (χ1v) is 9.12. The molecule has 0 fully saturated rings. The molecule has 0 aromatic carbocycles. The van der Waals surface area contributed by atoms with Gasteiger partial charge in [-0.2, -0.15) is 0 Å². The minimum absolute atomic E-state index is 0.340. The van der Waals surface area contributed by atoms with Crippen molar-refractivity contribution in [3.05, 3.63) is 59.9 Å². The van der Waals surface area contributed by atoms with Gasteiger partial charge in [-0.1, -0.05) is 69.7 Å². The van der Waals surface area contributed by atoms with Crippen LogP contribution in [0.5, 0.6) is 0 Å². The van der Waals surface area contributed by atoms with Crippen LogP contribution in [0.15, 0.2) is 59.9 Å². The summed E-state index contributed by atoms with van der Waals surface area (Å²) in [6.45, 7) is 15.5. The first-order chi connectivity index (χ1) is 11.0. The van der Waals surface area contributed by atoms with Crippen LogP contribution < -0.4 is 5.32 Å². The molecule has 1 rings (SSSR count). The van der Waals surface area contributed by atoms with E-state index in [2.05, 4.69) is 83.1 Å². The Kier molecular flexibility index (Phi) is 8.76. The molecule has 0 saturated heterocycles. The minimum Gasteiger partial charge on any atom is -0.381 e. The highest BCUT2D eigenvalue weighted by Gasteiger charge is 2.17. The Bertz CT molecular complexity index is 490. The summed E-state index contributed by atoms with van der Waals surface area (Å²) in [5.74, 6) is 1.10. The van der Waals surface area contributed by atoms with E-state index in [0.29, 0.717) is 17.9 Å². The fourth-order valence-electron chi connectivity index (χ4n) is 3.01. The third kappa shape index (κ3) is 7.07. The van der Waals surface area contributed by atoms with Crippen molar-refractivity contribution >= 4 is 0 Å². The van der Waals surface area contributed by atoms with Crippen molar-refractivity contribution in [1.82, 2.24) is 5.32 Å². The second-order valence-corrected chi connectivity index (χ2v) is 6.86. The van der Waals surface area contributed by atoms with Crippen LogP contribution >= 0.6 is 0 Å². The second-order valence-electron chi connectivity index (χ2n) is 6.86. The summed E-state index contributed by atoms with van der Waals surface area (Å²) < 4.78 is 0. The highest BCUT2D eigenvalue weighted by molar-refractivity contribution is 5.31. The van der Waals surface area contributed by atoms with E-state index in [1.165, 1.54) is 16.7 Å². The van der Waals surface area contributed by atoms with E-state index in [4.69, 9.17) is 0 Å². The molecule has 0 aromatic rings. The van der Waals surface area contributed by atoms with Gasteiger partial charge in [-0.25, -0.2) is 0 Å². The molecule has 0 spiro atoms. The Balaban J connectivity index is 2.66. The van der Waals surface area contributed by atoms with Crippen LogP contribution in [0.2, 0.25) is 0 Å². The summed E-state index contributed by atoms with van der Waals surface area (Å²) in [5.41, 5.74) is 4.19. The van der Waals surface area contributed by atoms with Gasteiger partial charge in [-0.05, 0) is 62.3 Å². The van der Waals surface area contributed by atoms with E-state index in [0.717, 1.165) is 25.7 Å². The normalized spacial score (nSPS) is 21.0. The molecule has 0 aliphatic carbocycles. The molecule has 128 valence electrons. The second kappa shape index (κ2) is 10.3. The molecular weight excluding hydrogens is 278 g/mol. The fraction of sp³-hybridized carbons (Fsp3) is 0.545. The van der Waals surface area contributed by atoms with E-state index >= 15 is 0 Å². The van der Waals surface area contributed by atoms with Crippen LogP contribution in [-0.4, -0.2) is 6.04 Å². The lowest BCUT2D eigenvalue weighted by Gasteiger charge is -2.25. The number of hydrogen-bond acceptors (Lipinski definition) is 1. The highest BCUT2D eigenvalue weighted by Crippen LogP contribution is 2.27. The van der Waals surface area contributed by atoms with E-state index in [9.17, 15) is 0 Å². The zero-order chi connectivity index (χ0) is 17.2. The Morgan fingerprint density at radius 3 is 2.61 bits per heavy atom. The van der Waals surface area contributed by atoms with Gasteiger partial charge in [0.1, 0.15) is 0 Å². The molecule has 23 heavy (non-hydrogen) atoms. The fourth-order valence-corrected chi connectivity index (χ4v) is 3.01. The van der Waals surface area contributed by atoms with Gasteiger partial charge < -0.3 is 5.32 Å². The first kappa shape index (κ1) is 19.5. The van der Waals surface area contributed by atoms with E-state index in [1.807, 2.05) is 0 Å². The molecule has 3 atom stereocenters. The average molecular weight is 314 g/mol. The molecule has 1 N–H and O–H groups in total. The van der Waals surface area contributed by atoms with Crippen molar-refractivity contribution in [2.24, 2.45) is 11.8 Å². The van der Waals surface area contributed by atoms with Gasteiger partial charge in [-0.15, -0.1) is 0 Å². The van der Waals surface area contributed by atoms with Crippen molar-refractivity contribution in [2.45, 2.75) is 66.3 Å². The van der Waals surface area contributed by atoms with Crippen LogP contribution in [0.4, 0.5) is 0 Å². The molecule has 1 aliphatic heterocycles. The molecule has 0 amide bonds. The van der Waals surface area contributed by atoms with E-state index in [-0.39, 0.29) is 0 Å². The molecule has 0 saturated carbocycles. The van der Waals surface area contributed by atoms with Crippen LogP contribution in [-0.2, 0) is 0 Å². The number of hydrogen-bond donors (Lipinski definition) is 1. The Hall–Kier alpha value is -1.50. The van der Waals surface area contributed by atoms with E-state index < -0.39 is 0 Å². The summed E-state index contributed by atoms with van der Waals surface area (Å²) in [4.78, 5) is 0. The van der Waals surface area contributed by atoms with Crippen LogP contribution in [0, 0.1) is 11.8 Å². The quantitative estimate of drug-likeness (QED) is 0.490. The monoisotopic (exact) mass is 313 g/mol. The lowest BCUT2D eigenvalue weighted by molar-refractivity contribution is 0.572. The van der Waals surface area contributed by atoms with Crippen LogP contribution in [0.25, 0.3) is 0 Å². The van der Waals surface area contributed by atoms with Gasteiger partial charge in [0.05, 0.1) is 6.04 Å². The molecular formula is C22H35N. The molecule has 0 aromatic heterocycles. The molecule has 1 heterocycles. The lowest BCUT2D eigenvalue weighted by Crippen LogP contribution is -2.28. The van der Waals surface area contributed by atoms with Gasteiger partial charge in [0, 0.05) is 0 Å². The van der Waals surface area contributed by atoms with Crippen LogP contribution in [0.3, 0.4) is 0 Å². The maximum atomic E-state index is 4.37. The molecule has 1 aliphatic rings. The predicted octanol–water partition coefficient (Wildman–Crippen LogP) is 6.33. The Morgan fingerprint density at radius 2 is 2.00 bits per heavy atom. The van der Waals surface area contributed by atoms with E-state index in [1.54, 1.807) is 0 Å². The molecule has 1 nitrogen and oxygen atoms in total. The Morgan fingerprint density at radius 1 is 1.26 bits per heavy atom. The molecule has 0 radical (unpaired) electrons. The average Bonchev–Trinajstić information content (AvgIpc) is 2.52. The maximum absolute atomic E-state index is 4.37. The summed E-state index contributed by atoms with van der Waals surface area (Å²) >= 11 is 0. The summed E-state index contributed by atoms with van der Waals surface area (Å²) in [6, 6.07) is 0.340. The smallest absolute Gasteiger partial charge is 0.0658 e. The van der Waals surface area contributed by atoms with Crippen molar-refractivity contribution < 1.29 is 0 Å². The predicted molar refractivity (Wildman–Crippen MR) is 104 cm³/mol. The number of dihydropyridines is 1. The van der Waals surface area contributed by atoms with Gasteiger partial charge in [0.2, 0.25) is 0 Å². The summed E-state index contributed by atoms with van der Waals surface area (Å²) in [7, 11) is 0. The standard InChI is InChI=1S/C22H35N/c1-7-9-11-17(3)14-19(5)20(6)16-21(10-8-2)22-15-18(4)12-13-23-22/h9-13,15,17,20,22-23H,5,7-8,14,16H2,1-4,6H3/b11-9-,21-10+. The van der Waals surface area contributed by atoms with Gasteiger partial charge in [-0.3, -0.25) is 0 Å². The van der Waals surface area contributed by atoms with Crippen molar-refractivity contribution in [3.8, 4) is 0 Å². The maximum Gasteiger partial charge on any atom is 0.0658 e. The van der Waals surface area contributed by atoms with Crippen molar-refractivity contribution in [1.29, 1.82) is 0 Å². The molecule has 3 unspecified atom stereocenters. The van der Waals surface area contributed by atoms with Gasteiger partial charge >= 0.3 is 0 Å². The molecule has 1 heteroatoms. The Labute approximate surface area is 143 Å². The minimum atomic E-state index is 0.340.